The number of carbonyl (C=O) groups is 1. The zero-order valence-corrected chi connectivity index (χ0v) is 9.32. The Kier molecular flexibility index (Phi) is 3.51. The van der Waals surface area contributed by atoms with Gasteiger partial charge < -0.3 is 15.2 Å². The summed E-state index contributed by atoms with van der Waals surface area (Å²) in [4.78, 5) is 15.8. The van der Waals surface area contributed by atoms with Crippen molar-refractivity contribution in [3.05, 3.63) is 11.7 Å². The zero-order chi connectivity index (χ0) is 11.4. The molecule has 2 heterocycles. The van der Waals surface area contributed by atoms with Crippen molar-refractivity contribution in [2.45, 2.75) is 26.3 Å². The summed E-state index contributed by atoms with van der Waals surface area (Å²) in [6.07, 6.45) is 1.80. The van der Waals surface area contributed by atoms with Gasteiger partial charge in [0.2, 0.25) is 11.8 Å². The van der Waals surface area contributed by atoms with Crippen LogP contribution in [-0.4, -0.2) is 29.1 Å². The Balaban J connectivity index is 1.78. The van der Waals surface area contributed by atoms with Crippen LogP contribution in [0.1, 0.15) is 24.6 Å². The van der Waals surface area contributed by atoms with Gasteiger partial charge in [-0.05, 0) is 32.9 Å². The Morgan fingerprint density at radius 2 is 2.31 bits per heavy atom. The molecule has 16 heavy (non-hydrogen) atoms. The van der Waals surface area contributed by atoms with Crippen LogP contribution in [0.2, 0.25) is 0 Å². The van der Waals surface area contributed by atoms with Crippen molar-refractivity contribution in [3.8, 4) is 0 Å². The number of piperidine rings is 1. The molecule has 1 amide bonds. The molecule has 0 spiro atoms. The molecule has 2 N–H and O–H groups in total. The number of hydrogen-bond donors (Lipinski definition) is 2. The first-order valence-electron chi connectivity index (χ1n) is 5.53. The molecule has 1 aliphatic heterocycles. The van der Waals surface area contributed by atoms with Gasteiger partial charge >= 0.3 is 0 Å². The first kappa shape index (κ1) is 11.1. The number of nitrogens with zero attached hydrogens (tertiary/aromatic N) is 2. The van der Waals surface area contributed by atoms with Crippen molar-refractivity contribution in [2.75, 3.05) is 13.1 Å². The van der Waals surface area contributed by atoms with Crippen LogP contribution in [0.25, 0.3) is 0 Å². The lowest BCUT2D eigenvalue weighted by atomic mass is 9.97. The maximum Gasteiger partial charge on any atom is 0.246 e. The molecule has 1 fully saturated rings. The standard InChI is InChI=1S/C10H16N4O2/c1-7-13-9(16-14-7)6-12-10(15)8-2-4-11-5-3-8/h8,11H,2-6H2,1H3,(H,12,15). The normalized spacial score (nSPS) is 17.3. The fourth-order valence-electron chi connectivity index (χ4n) is 1.80. The van der Waals surface area contributed by atoms with Gasteiger partial charge in [0.25, 0.3) is 0 Å². The third-order valence-corrected chi connectivity index (χ3v) is 2.69. The Bertz CT molecular complexity index is 357. The summed E-state index contributed by atoms with van der Waals surface area (Å²) in [5, 5.41) is 9.70. The van der Waals surface area contributed by atoms with E-state index in [1.165, 1.54) is 0 Å². The molecule has 2 rings (SSSR count). The molecule has 88 valence electrons. The second kappa shape index (κ2) is 5.07. The van der Waals surface area contributed by atoms with Gasteiger partial charge in [-0.15, -0.1) is 0 Å². The summed E-state index contributed by atoms with van der Waals surface area (Å²) in [6, 6.07) is 0. The van der Waals surface area contributed by atoms with Crippen molar-refractivity contribution in [2.24, 2.45) is 5.92 Å². The number of aromatic nitrogens is 2. The summed E-state index contributed by atoms with van der Waals surface area (Å²) in [5.41, 5.74) is 0. The Labute approximate surface area is 93.8 Å². The van der Waals surface area contributed by atoms with E-state index in [0.29, 0.717) is 18.3 Å². The Hall–Kier alpha value is -1.43. The van der Waals surface area contributed by atoms with Crippen LogP contribution >= 0.6 is 0 Å². The highest BCUT2D eigenvalue weighted by Gasteiger charge is 2.20. The van der Waals surface area contributed by atoms with E-state index in [9.17, 15) is 4.79 Å². The topological polar surface area (TPSA) is 80.0 Å². The fourth-order valence-corrected chi connectivity index (χ4v) is 1.80. The molecule has 0 radical (unpaired) electrons. The molecule has 0 aromatic carbocycles. The lowest BCUT2D eigenvalue weighted by Gasteiger charge is -2.21. The van der Waals surface area contributed by atoms with Crippen molar-refractivity contribution in [1.29, 1.82) is 0 Å². The number of rotatable bonds is 3. The SMILES string of the molecule is Cc1noc(CNC(=O)C2CCNCC2)n1. The van der Waals surface area contributed by atoms with E-state index < -0.39 is 0 Å². The van der Waals surface area contributed by atoms with E-state index in [1.54, 1.807) is 6.92 Å². The van der Waals surface area contributed by atoms with Crippen LogP contribution in [0, 0.1) is 12.8 Å². The van der Waals surface area contributed by atoms with E-state index in [0.717, 1.165) is 25.9 Å². The minimum atomic E-state index is 0.0809. The molecule has 0 atom stereocenters. The van der Waals surface area contributed by atoms with Crippen molar-refractivity contribution < 1.29 is 9.32 Å². The monoisotopic (exact) mass is 224 g/mol. The van der Waals surface area contributed by atoms with Gasteiger partial charge in [0.05, 0.1) is 6.54 Å². The number of aryl methyl sites for hydroxylation is 1. The predicted molar refractivity (Wildman–Crippen MR) is 56.5 cm³/mol. The summed E-state index contributed by atoms with van der Waals surface area (Å²) < 4.78 is 4.91. The van der Waals surface area contributed by atoms with Crippen molar-refractivity contribution in [1.82, 2.24) is 20.8 Å². The largest absolute Gasteiger partial charge is 0.347 e. The molecule has 0 unspecified atom stereocenters. The third-order valence-electron chi connectivity index (χ3n) is 2.69. The molecule has 1 aromatic rings. The number of nitrogens with one attached hydrogen (secondary N) is 2. The highest BCUT2D eigenvalue weighted by molar-refractivity contribution is 5.78. The zero-order valence-electron chi connectivity index (χ0n) is 9.32. The molecule has 0 bridgehead atoms. The molecule has 0 saturated carbocycles. The molecule has 1 aromatic heterocycles. The highest BCUT2D eigenvalue weighted by Crippen LogP contribution is 2.11. The van der Waals surface area contributed by atoms with Crippen LogP contribution in [0.4, 0.5) is 0 Å². The smallest absolute Gasteiger partial charge is 0.246 e. The minimum absolute atomic E-state index is 0.0809. The highest BCUT2D eigenvalue weighted by atomic mass is 16.5. The van der Waals surface area contributed by atoms with E-state index in [4.69, 9.17) is 4.52 Å². The molecule has 6 nitrogen and oxygen atoms in total. The molecule has 0 aliphatic carbocycles. The van der Waals surface area contributed by atoms with Gasteiger partial charge in [-0.2, -0.15) is 4.98 Å². The molecular formula is C10H16N4O2. The van der Waals surface area contributed by atoms with Crippen LogP contribution in [0.3, 0.4) is 0 Å². The summed E-state index contributed by atoms with van der Waals surface area (Å²) in [6.45, 7) is 3.90. The average Bonchev–Trinajstić information content (AvgIpc) is 2.73. The Morgan fingerprint density at radius 1 is 1.56 bits per heavy atom. The van der Waals surface area contributed by atoms with Gasteiger partial charge in [-0.1, -0.05) is 5.16 Å². The van der Waals surface area contributed by atoms with Crippen LogP contribution in [0.5, 0.6) is 0 Å². The van der Waals surface area contributed by atoms with Gasteiger partial charge in [-0.25, -0.2) is 0 Å². The van der Waals surface area contributed by atoms with Gasteiger partial charge in [0, 0.05) is 5.92 Å². The van der Waals surface area contributed by atoms with Crippen molar-refractivity contribution in [3.63, 3.8) is 0 Å². The first-order valence-corrected chi connectivity index (χ1v) is 5.53. The van der Waals surface area contributed by atoms with E-state index in [1.807, 2.05) is 0 Å². The molecule has 1 aliphatic rings. The van der Waals surface area contributed by atoms with Gasteiger partial charge in [-0.3, -0.25) is 4.79 Å². The lowest BCUT2D eigenvalue weighted by molar-refractivity contribution is -0.126. The van der Waals surface area contributed by atoms with Crippen LogP contribution < -0.4 is 10.6 Å². The number of hydrogen-bond acceptors (Lipinski definition) is 5. The average molecular weight is 224 g/mol. The maximum absolute atomic E-state index is 11.7. The maximum atomic E-state index is 11.7. The quantitative estimate of drug-likeness (QED) is 0.755. The first-order chi connectivity index (χ1) is 7.75. The van der Waals surface area contributed by atoms with Crippen molar-refractivity contribution >= 4 is 5.91 Å². The summed E-state index contributed by atoms with van der Waals surface area (Å²) in [5.74, 6) is 1.24. The molecule has 1 saturated heterocycles. The molecular weight excluding hydrogens is 208 g/mol. The van der Waals surface area contributed by atoms with E-state index >= 15 is 0 Å². The number of carbonyl (C=O) groups excluding carboxylic acids is 1. The van der Waals surface area contributed by atoms with E-state index in [-0.39, 0.29) is 11.8 Å². The predicted octanol–water partition coefficient (Wildman–Crippen LogP) is -0.00618. The van der Waals surface area contributed by atoms with Crippen LogP contribution in [0.15, 0.2) is 4.52 Å². The van der Waals surface area contributed by atoms with Gasteiger partial charge in [0.1, 0.15) is 0 Å². The fraction of sp³-hybridized carbons (Fsp3) is 0.700. The second-order valence-electron chi connectivity index (χ2n) is 3.98. The minimum Gasteiger partial charge on any atom is -0.347 e. The summed E-state index contributed by atoms with van der Waals surface area (Å²) >= 11 is 0. The molecule has 6 heteroatoms. The lowest BCUT2D eigenvalue weighted by Crippen LogP contribution is -2.37. The Morgan fingerprint density at radius 3 is 2.94 bits per heavy atom. The second-order valence-corrected chi connectivity index (χ2v) is 3.98. The van der Waals surface area contributed by atoms with Gasteiger partial charge in [0.15, 0.2) is 5.82 Å². The summed E-state index contributed by atoms with van der Waals surface area (Å²) in [7, 11) is 0. The van der Waals surface area contributed by atoms with E-state index in [2.05, 4.69) is 20.8 Å². The third kappa shape index (κ3) is 2.79. The van der Waals surface area contributed by atoms with Crippen LogP contribution in [-0.2, 0) is 11.3 Å². The number of amides is 1.